The lowest BCUT2D eigenvalue weighted by atomic mass is 9.89. The standard InChI is InChI=1S/C20H29NO3/c1-5-10-14(3)13-16(6-2)19(22)21-15(4)18(24-20(21)23)17-11-8-7-9-12-17/h7-9,11-12,14-16,18H,5-6,10,13H2,1-4H3/t14-,15-,16-,18-/m1/s1. The Balaban J connectivity index is 2.12. The van der Waals surface area contributed by atoms with Gasteiger partial charge in [-0.25, -0.2) is 9.69 Å². The van der Waals surface area contributed by atoms with Gasteiger partial charge >= 0.3 is 6.09 Å². The van der Waals surface area contributed by atoms with Crippen LogP contribution in [0.25, 0.3) is 0 Å². The fourth-order valence-electron chi connectivity index (χ4n) is 3.58. The Morgan fingerprint density at radius 2 is 1.92 bits per heavy atom. The summed E-state index contributed by atoms with van der Waals surface area (Å²) in [5.74, 6) is 0.287. The van der Waals surface area contributed by atoms with Gasteiger partial charge in [-0.1, -0.05) is 63.9 Å². The quantitative estimate of drug-likeness (QED) is 0.710. The maximum absolute atomic E-state index is 12.9. The molecule has 2 amide bonds. The van der Waals surface area contributed by atoms with E-state index >= 15 is 0 Å². The van der Waals surface area contributed by atoms with E-state index in [0.717, 1.165) is 31.2 Å². The number of benzene rings is 1. The van der Waals surface area contributed by atoms with Gasteiger partial charge in [0.25, 0.3) is 0 Å². The fraction of sp³-hybridized carbons (Fsp3) is 0.600. The van der Waals surface area contributed by atoms with Crippen LogP contribution in [0.15, 0.2) is 30.3 Å². The van der Waals surface area contributed by atoms with E-state index in [1.165, 1.54) is 4.90 Å². The van der Waals surface area contributed by atoms with E-state index in [0.29, 0.717) is 5.92 Å². The average Bonchev–Trinajstić information content (AvgIpc) is 2.87. The predicted octanol–water partition coefficient (Wildman–Crippen LogP) is 4.95. The zero-order valence-electron chi connectivity index (χ0n) is 15.2. The molecule has 4 heteroatoms. The van der Waals surface area contributed by atoms with E-state index in [1.807, 2.05) is 44.2 Å². The van der Waals surface area contributed by atoms with Gasteiger partial charge in [-0.2, -0.15) is 0 Å². The smallest absolute Gasteiger partial charge is 0.417 e. The zero-order chi connectivity index (χ0) is 17.7. The lowest BCUT2D eigenvalue weighted by Crippen LogP contribution is -2.42. The van der Waals surface area contributed by atoms with Gasteiger partial charge in [-0.3, -0.25) is 4.79 Å². The molecule has 0 radical (unpaired) electrons. The minimum atomic E-state index is -0.511. The minimum Gasteiger partial charge on any atom is -0.439 e. The molecule has 1 fully saturated rings. The Kier molecular flexibility index (Phi) is 6.41. The van der Waals surface area contributed by atoms with Crippen molar-refractivity contribution in [2.75, 3.05) is 0 Å². The van der Waals surface area contributed by atoms with Crippen molar-refractivity contribution in [1.82, 2.24) is 4.90 Å². The van der Waals surface area contributed by atoms with Crippen LogP contribution in [-0.2, 0) is 9.53 Å². The van der Waals surface area contributed by atoms with Crippen LogP contribution in [0.3, 0.4) is 0 Å². The second-order valence-electron chi connectivity index (χ2n) is 6.90. The summed E-state index contributed by atoms with van der Waals surface area (Å²) in [6.07, 6.45) is 2.91. The summed E-state index contributed by atoms with van der Waals surface area (Å²) < 4.78 is 5.51. The number of hydrogen-bond donors (Lipinski definition) is 0. The van der Waals surface area contributed by atoms with Crippen molar-refractivity contribution in [3.05, 3.63) is 35.9 Å². The van der Waals surface area contributed by atoms with E-state index < -0.39 is 6.09 Å². The number of hydrogen-bond acceptors (Lipinski definition) is 3. The summed E-state index contributed by atoms with van der Waals surface area (Å²) in [6, 6.07) is 9.36. The van der Waals surface area contributed by atoms with Crippen molar-refractivity contribution in [2.45, 2.75) is 65.5 Å². The maximum Gasteiger partial charge on any atom is 0.417 e. The molecular weight excluding hydrogens is 302 g/mol. The summed E-state index contributed by atoms with van der Waals surface area (Å²) >= 11 is 0. The first-order chi connectivity index (χ1) is 11.5. The summed E-state index contributed by atoms with van der Waals surface area (Å²) in [6.45, 7) is 8.24. The van der Waals surface area contributed by atoms with Crippen LogP contribution in [0, 0.1) is 11.8 Å². The molecule has 1 saturated heterocycles. The fourth-order valence-corrected chi connectivity index (χ4v) is 3.58. The van der Waals surface area contributed by atoms with Crippen LogP contribution in [0.2, 0.25) is 0 Å². The summed E-state index contributed by atoms with van der Waals surface area (Å²) in [7, 11) is 0. The molecule has 0 bridgehead atoms. The van der Waals surface area contributed by atoms with E-state index in [4.69, 9.17) is 4.74 Å². The van der Waals surface area contributed by atoms with Gasteiger partial charge in [0.2, 0.25) is 5.91 Å². The highest BCUT2D eigenvalue weighted by Crippen LogP contribution is 2.34. The van der Waals surface area contributed by atoms with Gasteiger partial charge in [0.15, 0.2) is 0 Å². The molecule has 2 rings (SSSR count). The van der Waals surface area contributed by atoms with Gasteiger partial charge < -0.3 is 4.74 Å². The Bertz CT molecular complexity index is 557. The normalized spacial score (nSPS) is 23.0. The van der Waals surface area contributed by atoms with Crippen molar-refractivity contribution >= 4 is 12.0 Å². The Labute approximate surface area is 145 Å². The van der Waals surface area contributed by atoms with Crippen LogP contribution in [-0.4, -0.2) is 22.9 Å². The number of cyclic esters (lactones) is 1. The Morgan fingerprint density at radius 1 is 1.25 bits per heavy atom. The number of carbonyl (C=O) groups is 2. The third-order valence-corrected chi connectivity index (χ3v) is 4.95. The topological polar surface area (TPSA) is 46.6 Å². The van der Waals surface area contributed by atoms with Crippen LogP contribution in [0.5, 0.6) is 0 Å². The first kappa shape index (κ1) is 18.5. The molecule has 4 atom stereocenters. The number of carbonyl (C=O) groups excluding carboxylic acids is 2. The largest absolute Gasteiger partial charge is 0.439 e. The molecule has 0 saturated carbocycles. The number of ether oxygens (including phenoxy) is 1. The zero-order valence-corrected chi connectivity index (χ0v) is 15.2. The molecule has 0 spiro atoms. The van der Waals surface area contributed by atoms with Crippen LogP contribution >= 0.6 is 0 Å². The third-order valence-electron chi connectivity index (χ3n) is 4.95. The van der Waals surface area contributed by atoms with Gasteiger partial charge in [0.1, 0.15) is 6.10 Å². The molecule has 4 nitrogen and oxygen atoms in total. The summed E-state index contributed by atoms with van der Waals surface area (Å²) in [4.78, 5) is 26.6. The van der Waals surface area contributed by atoms with Gasteiger partial charge in [0.05, 0.1) is 6.04 Å². The van der Waals surface area contributed by atoms with Crippen LogP contribution in [0.1, 0.15) is 65.0 Å². The second-order valence-corrected chi connectivity index (χ2v) is 6.90. The molecular formula is C20H29NO3. The molecule has 1 aromatic carbocycles. The summed E-state index contributed by atoms with van der Waals surface area (Å²) in [5, 5.41) is 0. The van der Waals surface area contributed by atoms with Crippen LogP contribution in [0.4, 0.5) is 4.79 Å². The van der Waals surface area contributed by atoms with Crippen molar-refractivity contribution < 1.29 is 14.3 Å². The Morgan fingerprint density at radius 3 is 2.50 bits per heavy atom. The highest BCUT2D eigenvalue weighted by atomic mass is 16.6. The number of imide groups is 1. The van der Waals surface area contributed by atoms with Crippen molar-refractivity contribution in [1.29, 1.82) is 0 Å². The molecule has 0 aromatic heterocycles. The first-order valence-corrected chi connectivity index (χ1v) is 9.08. The van der Waals surface area contributed by atoms with E-state index in [1.54, 1.807) is 0 Å². The molecule has 24 heavy (non-hydrogen) atoms. The van der Waals surface area contributed by atoms with Crippen molar-refractivity contribution in [3.8, 4) is 0 Å². The average molecular weight is 331 g/mol. The van der Waals surface area contributed by atoms with E-state index in [-0.39, 0.29) is 24.0 Å². The summed E-state index contributed by atoms with van der Waals surface area (Å²) in [5.41, 5.74) is 0.932. The third kappa shape index (κ3) is 3.97. The lowest BCUT2D eigenvalue weighted by Gasteiger charge is -2.25. The predicted molar refractivity (Wildman–Crippen MR) is 94.4 cm³/mol. The van der Waals surface area contributed by atoms with E-state index in [2.05, 4.69) is 13.8 Å². The van der Waals surface area contributed by atoms with E-state index in [9.17, 15) is 9.59 Å². The molecule has 0 aliphatic carbocycles. The highest BCUT2D eigenvalue weighted by molar-refractivity contribution is 5.95. The molecule has 0 N–H and O–H groups in total. The monoisotopic (exact) mass is 331 g/mol. The van der Waals surface area contributed by atoms with Gasteiger partial charge in [-0.15, -0.1) is 0 Å². The van der Waals surface area contributed by atoms with Crippen LogP contribution < -0.4 is 0 Å². The maximum atomic E-state index is 12.9. The number of nitrogens with zero attached hydrogens (tertiary/aromatic N) is 1. The lowest BCUT2D eigenvalue weighted by molar-refractivity contribution is -0.134. The molecule has 1 aliphatic heterocycles. The SMILES string of the molecule is CCC[C@@H](C)C[C@@H](CC)C(=O)N1C(=O)O[C@@H](c2ccccc2)[C@H]1C. The van der Waals surface area contributed by atoms with Crippen molar-refractivity contribution in [2.24, 2.45) is 11.8 Å². The minimum absolute atomic E-state index is 0.0867. The first-order valence-electron chi connectivity index (χ1n) is 9.08. The second kappa shape index (κ2) is 8.32. The molecule has 1 heterocycles. The highest BCUT2D eigenvalue weighted by Gasteiger charge is 2.44. The van der Waals surface area contributed by atoms with Gasteiger partial charge in [0, 0.05) is 5.92 Å². The van der Waals surface area contributed by atoms with Gasteiger partial charge in [-0.05, 0) is 31.2 Å². The molecule has 132 valence electrons. The number of amides is 2. The molecule has 0 unspecified atom stereocenters. The molecule has 1 aromatic rings. The van der Waals surface area contributed by atoms with Crippen molar-refractivity contribution in [3.63, 3.8) is 0 Å². The number of rotatable bonds is 7. The Hall–Kier alpha value is -1.84. The molecule has 1 aliphatic rings.